The van der Waals surface area contributed by atoms with Crippen LogP contribution in [0, 0.1) is 11.8 Å². The molecule has 0 aliphatic carbocycles. The molecule has 0 bridgehead atoms. The summed E-state index contributed by atoms with van der Waals surface area (Å²) in [5.74, 6) is -0.282. The first-order chi connectivity index (χ1) is 36.1. The van der Waals surface area contributed by atoms with Gasteiger partial charge in [0, 0.05) is 39.8 Å². The highest BCUT2D eigenvalue weighted by molar-refractivity contribution is 5.77. The molecule has 75 heavy (non-hydrogen) atoms. The number of esters is 2. The largest absolute Gasteiger partial charge is 0.497 e. The van der Waals surface area contributed by atoms with Crippen molar-refractivity contribution in [2.45, 2.75) is 104 Å². The van der Waals surface area contributed by atoms with Crippen LogP contribution in [0.2, 0.25) is 0 Å². The van der Waals surface area contributed by atoms with E-state index in [9.17, 15) is 33.6 Å². The normalized spacial score (nSPS) is 17.5. The summed E-state index contributed by atoms with van der Waals surface area (Å²) in [6.07, 6.45) is -0.578. The summed E-state index contributed by atoms with van der Waals surface area (Å²) in [5.41, 5.74) is -1.44. The van der Waals surface area contributed by atoms with Crippen molar-refractivity contribution in [1.29, 1.82) is 0 Å². The van der Waals surface area contributed by atoms with Gasteiger partial charge in [-0.1, -0.05) is 75.4 Å². The van der Waals surface area contributed by atoms with Crippen molar-refractivity contribution < 1.29 is 61.8 Å². The van der Waals surface area contributed by atoms with Crippen LogP contribution < -0.4 is 37.2 Å². The maximum Gasteiger partial charge on any atom is 0.336 e. The third-order valence-corrected chi connectivity index (χ3v) is 12.9. The van der Waals surface area contributed by atoms with Crippen molar-refractivity contribution in [3.05, 3.63) is 127 Å². The number of hydrogen-bond acceptors (Lipinski definition) is 16. The van der Waals surface area contributed by atoms with Gasteiger partial charge in [-0.15, -0.1) is 0 Å². The van der Waals surface area contributed by atoms with Crippen LogP contribution in [0.5, 0.6) is 11.5 Å². The zero-order chi connectivity index (χ0) is 54.3. The molecule has 5 atom stereocenters. The van der Waals surface area contributed by atoms with Gasteiger partial charge in [0.15, 0.2) is 6.29 Å². The van der Waals surface area contributed by atoms with Crippen LogP contribution in [0.25, 0.3) is 0 Å². The smallest absolute Gasteiger partial charge is 0.336 e. The molecular weight excluding hydrogens is 975 g/mol. The van der Waals surface area contributed by atoms with E-state index in [4.69, 9.17) is 42.6 Å². The molecule has 21 nitrogen and oxygen atoms in total. The molecular formula is C54H73N5O16. The molecule has 1 aromatic heterocycles. The molecule has 1 saturated heterocycles. The second-order valence-corrected chi connectivity index (χ2v) is 18.0. The summed E-state index contributed by atoms with van der Waals surface area (Å²) >= 11 is 0. The van der Waals surface area contributed by atoms with Crippen molar-refractivity contribution in [2.24, 2.45) is 11.8 Å². The summed E-state index contributed by atoms with van der Waals surface area (Å²) < 4.78 is 54.3. The minimum atomic E-state index is -1.23. The Labute approximate surface area is 436 Å². The van der Waals surface area contributed by atoms with E-state index < -0.39 is 53.0 Å². The second-order valence-electron chi connectivity index (χ2n) is 18.0. The quantitative estimate of drug-likeness (QED) is 0.0416. The monoisotopic (exact) mass is 1050 g/mol. The molecule has 1 aliphatic rings. The molecule has 2 heterocycles. The molecule has 21 heteroatoms. The Morgan fingerprint density at radius 3 is 1.75 bits per heavy atom. The zero-order valence-electron chi connectivity index (χ0n) is 44.1. The van der Waals surface area contributed by atoms with E-state index in [-0.39, 0.29) is 122 Å². The lowest BCUT2D eigenvalue weighted by atomic mass is 9.80. The van der Waals surface area contributed by atoms with Crippen LogP contribution in [0.4, 0.5) is 0 Å². The number of benzene rings is 3. The van der Waals surface area contributed by atoms with Gasteiger partial charge in [-0.3, -0.25) is 19.2 Å². The number of methoxy groups -OCH3 is 2. The van der Waals surface area contributed by atoms with Crippen molar-refractivity contribution >= 4 is 23.8 Å². The van der Waals surface area contributed by atoms with Gasteiger partial charge in [-0.05, 0) is 65.6 Å². The Balaban J connectivity index is 1.06. The second kappa shape index (κ2) is 30.0. The Morgan fingerprint density at radius 1 is 0.640 bits per heavy atom. The van der Waals surface area contributed by atoms with E-state index >= 15 is 0 Å². The molecule has 2 N–H and O–H groups in total. The predicted molar refractivity (Wildman–Crippen MR) is 274 cm³/mol. The Hall–Kier alpha value is -6.65. The van der Waals surface area contributed by atoms with Crippen LogP contribution in [-0.4, -0.2) is 130 Å². The molecule has 5 rings (SSSR count). The Bertz CT molecular complexity index is 2570. The van der Waals surface area contributed by atoms with Crippen LogP contribution in [0.3, 0.4) is 0 Å². The van der Waals surface area contributed by atoms with Gasteiger partial charge in [0.05, 0.1) is 79.1 Å². The molecule has 5 unspecified atom stereocenters. The standard InChI is InChI=1S/C54H73N5O16/c1-8-26-57-51(64)58(53(66)59(52(57)65)28-31-74-54(41-13-10-9-11-14-41,42-17-21-44(67-6)22-18-42)43-19-23-45(68-7)24-20-43)27-30-71-48(63)16-12-15-47(62)55-25-29-69-32-33-70-34-35-72-50-49(56-39(4)60)38(3)37(2)46(75-50)36-73-40(5)61/h9-11,13-14,17-24,37-38,46,49-50H,8,12,15-16,25-36H2,1-7H3,(H,55,62)(H,56,60). The summed E-state index contributed by atoms with van der Waals surface area (Å²) in [6.45, 7) is 9.04. The lowest BCUT2D eigenvalue weighted by Gasteiger charge is -2.44. The highest BCUT2D eigenvalue weighted by atomic mass is 16.7. The van der Waals surface area contributed by atoms with E-state index in [1.807, 2.05) is 92.7 Å². The van der Waals surface area contributed by atoms with E-state index in [1.165, 1.54) is 13.8 Å². The molecule has 2 amide bonds. The van der Waals surface area contributed by atoms with Gasteiger partial charge in [0.25, 0.3) is 0 Å². The lowest BCUT2D eigenvalue weighted by Crippen LogP contribution is -2.58. The van der Waals surface area contributed by atoms with Crippen LogP contribution in [-0.2, 0) is 77.6 Å². The summed E-state index contributed by atoms with van der Waals surface area (Å²) in [6, 6.07) is 24.0. The number of amides is 2. The number of carbonyl (C=O) groups is 4. The highest BCUT2D eigenvalue weighted by Crippen LogP contribution is 2.41. The first-order valence-electron chi connectivity index (χ1n) is 25.3. The van der Waals surface area contributed by atoms with Gasteiger partial charge in [0.1, 0.15) is 30.3 Å². The minimum absolute atomic E-state index is 0.00904. The minimum Gasteiger partial charge on any atom is -0.497 e. The summed E-state index contributed by atoms with van der Waals surface area (Å²) in [4.78, 5) is 89.6. The molecule has 1 aliphatic heterocycles. The Morgan fingerprint density at radius 2 is 1.19 bits per heavy atom. The first-order valence-corrected chi connectivity index (χ1v) is 25.3. The van der Waals surface area contributed by atoms with Crippen LogP contribution >= 0.6 is 0 Å². The Kier molecular flexibility index (Phi) is 23.7. The van der Waals surface area contributed by atoms with E-state index in [2.05, 4.69) is 10.6 Å². The number of ether oxygens (including phenoxy) is 9. The fraction of sp³-hybridized carbons (Fsp3) is 0.537. The van der Waals surface area contributed by atoms with Crippen molar-refractivity contribution in [2.75, 3.05) is 73.6 Å². The molecule has 3 aromatic carbocycles. The molecule has 0 spiro atoms. The molecule has 1 fully saturated rings. The number of nitrogens with one attached hydrogen (secondary N) is 2. The van der Waals surface area contributed by atoms with E-state index in [1.54, 1.807) is 21.1 Å². The van der Waals surface area contributed by atoms with Gasteiger partial charge in [0.2, 0.25) is 11.8 Å². The number of carbonyl (C=O) groups excluding carboxylic acids is 4. The maximum absolute atomic E-state index is 13.9. The number of aromatic nitrogens is 3. The van der Waals surface area contributed by atoms with Crippen molar-refractivity contribution in [3.8, 4) is 11.5 Å². The van der Waals surface area contributed by atoms with E-state index in [0.29, 0.717) is 17.9 Å². The number of nitrogens with zero attached hydrogens (tertiary/aromatic N) is 3. The molecule has 4 aromatic rings. The average Bonchev–Trinajstić information content (AvgIpc) is 3.40. The first kappa shape index (κ1) is 59.2. The average molecular weight is 1050 g/mol. The highest BCUT2D eigenvalue weighted by Gasteiger charge is 2.43. The topological polar surface area (TPSA) is 241 Å². The van der Waals surface area contributed by atoms with Crippen molar-refractivity contribution in [3.63, 3.8) is 0 Å². The van der Waals surface area contributed by atoms with Gasteiger partial charge < -0.3 is 53.3 Å². The number of hydrogen-bond donors (Lipinski definition) is 2. The van der Waals surface area contributed by atoms with Crippen molar-refractivity contribution in [1.82, 2.24) is 24.3 Å². The van der Waals surface area contributed by atoms with Gasteiger partial charge >= 0.3 is 29.0 Å². The maximum atomic E-state index is 13.9. The van der Waals surface area contributed by atoms with Gasteiger partial charge in [-0.2, -0.15) is 0 Å². The fourth-order valence-corrected chi connectivity index (χ4v) is 8.72. The summed E-state index contributed by atoms with van der Waals surface area (Å²) in [7, 11) is 3.15. The zero-order valence-corrected chi connectivity index (χ0v) is 44.1. The summed E-state index contributed by atoms with van der Waals surface area (Å²) in [5, 5.41) is 5.64. The number of rotatable bonds is 31. The fourth-order valence-electron chi connectivity index (χ4n) is 8.72. The lowest BCUT2D eigenvalue weighted by molar-refractivity contribution is -0.247. The SMILES string of the molecule is CCCn1c(=O)n(CCOC(=O)CCCC(=O)NCCOCCOCCOC2OC(COC(C)=O)C(C)C(C)C2NC(C)=O)c(=O)n(CCOC(c2ccccc2)(c2ccc(OC)cc2)c2ccc(OC)cc2)c1=O. The third kappa shape index (κ3) is 16.7. The molecule has 0 radical (unpaired) electrons. The predicted octanol–water partition coefficient (Wildman–Crippen LogP) is 3.55. The van der Waals surface area contributed by atoms with Crippen LogP contribution in [0.15, 0.2) is 93.2 Å². The van der Waals surface area contributed by atoms with Gasteiger partial charge in [-0.25, -0.2) is 28.1 Å². The molecule has 410 valence electrons. The molecule has 0 saturated carbocycles. The third-order valence-electron chi connectivity index (χ3n) is 12.9. The van der Waals surface area contributed by atoms with E-state index in [0.717, 1.165) is 30.4 Å². The van der Waals surface area contributed by atoms with Crippen LogP contribution in [0.1, 0.15) is 77.0 Å².